The average molecular weight is 735 g/mol. The molecule has 2 unspecified atom stereocenters. The van der Waals surface area contributed by atoms with Crippen LogP contribution in [0.5, 0.6) is 0 Å². The number of carboxylic acid groups (broad SMARTS) is 1. The van der Waals surface area contributed by atoms with Crippen molar-refractivity contribution in [1.82, 2.24) is 14.9 Å². The largest absolute Gasteiger partial charge is 0.481 e. The van der Waals surface area contributed by atoms with E-state index >= 15 is 0 Å². The molecule has 6 rings (SSSR count). The number of aliphatic hydroxyl groups excluding tert-OH is 1. The Kier molecular flexibility index (Phi) is 11.5. The van der Waals surface area contributed by atoms with Gasteiger partial charge in [-0.25, -0.2) is 9.98 Å². The lowest BCUT2D eigenvalue weighted by molar-refractivity contribution is -0.219. The number of anilines is 3. The number of aliphatic carboxylic acids is 1. The Morgan fingerprint density at radius 1 is 1.04 bits per heavy atom. The van der Waals surface area contributed by atoms with Crippen molar-refractivity contribution in [3.05, 3.63) is 72.7 Å². The highest BCUT2D eigenvalue weighted by Crippen LogP contribution is 2.43. The normalized spacial score (nSPS) is 25.2. The molecule has 6 atom stereocenters. The molecule has 53 heavy (non-hydrogen) atoms. The maximum atomic E-state index is 14.8. The third-order valence-corrected chi connectivity index (χ3v) is 8.93. The van der Waals surface area contributed by atoms with Crippen LogP contribution in [0.1, 0.15) is 57.9 Å². The minimum absolute atomic E-state index is 0.0197. The highest BCUT2D eigenvalue weighted by atomic mass is 16.7. The van der Waals surface area contributed by atoms with Crippen molar-refractivity contribution >= 4 is 46.9 Å². The molecule has 0 spiro atoms. The van der Waals surface area contributed by atoms with Gasteiger partial charge in [0.2, 0.25) is 11.9 Å². The summed E-state index contributed by atoms with van der Waals surface area (Å²) < 4.78 is 25.5. The number of benzene rings is 2. The van der Waals surface area contributed by atoms with Crippen LogP contribution in [0.4, 0.5) is 17.2 Å². The summed E-state index contributed by atoms with van der Waals surface area (Å²) in [6.07, 6.45) is -3.04. The van der Waals surface area contributed by atoms with E-state index in [2.05, 4.69) is 20.6 Å². The molecule has 4 heterocycles. The summed E-state index contributed by atoms with van der Waals surface area (Å²) in [5.41, 5.74) is -2.14. The molecule has 0 saturated carbocycles. The number of hydrogen-bond donors (Lipinski definition) is 5. The van der Waals surface area contributed by atoms with Crippen LogP contribution in [-0.2, 0) is 43.9 Å². The quantitative estimate of drug-likeness (QED) is 0.169. The zero-order chi connectivity index (χ0) is 37.7. The van der Waals surface area contributed by atoms with Crippen LogP contribution < -0.4 is 15.5 Å². The lowest BCUT2D eigenvalue weighted by atomic mass is 10.0. The molecule has 0 bridgehead atoms. The number of rotatable bonds is 12. The van der Waals surface area contributed by atoms with Gasteiger partial charge in [0, 0.05) is 23.9 Å². The number of guanidine groups is 1. The van der Waals surface area contributed by atoms with Gasteiger partial charge in [0.25, 0.3) is 11.6 Å². The van der Waals surface area contributed by atoms with Gasteiger partial charge in [-0.1, -0.05) is 50.2 Å². The number of esters is 1. The SMILES string of the molecule is CC(C)C(=O)NC1=NC(O)(C(=O)N(c2ccccc2)c2ccccc2)c2ncn([C@@H]3O[C@H](CO)[C@@H](OC(=O)CCC(=O)O)[C@H]3OC3CCCCO3)c2N1. The molecule has 1 aromatic heterocycles. The molecule has 3 aliphatic rings. The fourth-order valence-corrected chi connectivity index (χ4v) is 6.23. The summed E-state index contributed by atoms with van der Waals surface area (Å²) >= 11 is 0. The van der Waals surface area contributed by atoms with E-state index in [-0.39, 0.29) is 17.5 Å². The van der Waals surface area contributed by atoms with Gasteiger partial charge in [-0.2, -0.15) is 0 Å². The number of hydrogen-bond acceptors (Lipinski definition) is 13. The maximum absolute atomic E-state index is 14.8. The Morgan fingerprint density at radius 2 is 1.72 bits per heavy atom. The number of carbonyl (C=O) groups excluding carboxylic acids is 3. The number of ether oxygens (including phenoxy) is 4. The number of nitrogens with zero attached hydrogens (tertiary/aromatic N) is 4. The number of nitrogens with one attached hydrogen (secondary N) is 2. The van der Waals surface area contributed by atoms with Crippen molar-refractivity contribution in [3.63, 3.8) is 0 Å². The Balaban J connectivity index is 1.43. The molecule has 0 aliphatic carbocycles. The highest BCUT2D eigenvalue weighted by molar-refractivity contribution is 6.11. The van der Waals surface area contributed by atoms with Crippen LogP contribution >= 0.6 is 0 Å². The lowest BCUT2D eigenvalue weighted by Gasteiger charge is -2.34. The zero-order valence-electron chi connectivity index (χ0n) is 29.2. The first-order valence-corrected chi connectivity index (χ1v) is 17.4. The van der Waals surface area contributed by atoms with Crippen LogP contribution in [0.3, 0.4) is 0 Å². The van der Waals surface area contributed by atoms with E-state index in [9.17, 15) is 29.4 Å². The van der Waals surface area contributed by atoms with Gasteiger partial charge in [-0.15, -0.1) is 0 Å². The molecule has 5 N–H and O–H groups in total. The van der Waals surface area contributed by atoms with Crippen LogP contribution in [-0.4, -0.2) is 92.4 Å². The number of para-hydroxylation sites is 2. The number of carboxylic acids is 1. The van der Waals surface area contributed by atoms with E-state index in [1.54, 1.807) is 74.5 Å². The van der Waals surface area contributed by atoms with E-state index in [1.165, 1.54) is 15.8 Å². The van der Waals surface area contributed by atoms with E-state index in [0.29, 0.717) is 24.4 Å². The fourth-order valence-electron chi connectivity index (χ4n) is 6.23. The van der Waals surface area contributed by atoms with Crippen LogP contribution in [0.15, 0.2) is 72.0 Å². The summed E-state index contributed by atoms with van der Waals surface area (Å²) in [7, 11) is 0. The number of carbonyl (C=O) groups is 4. The summed E-state index contributed by atoms with van der Waals surface area (Å²) in [6.45, 7) is 3.12. The van der Waals surface area contributed by atoms with Gasteiger partial charge in [-0.3, -0.25) is 34.0 Å². The van der Waals surface area contributed by atoms with Gasteiger partial charge in [-0.05, 0) is 43.5 Å². The first kappa shape index (κ1) is 37.6. The molecular formula is C36H42N6O11. The third kappa shape index (κ3) is 8.08. The van der Waals surface area contributed by atoms with Crippen LogP contribution in [0, 0.1) is 5.92 Å². The van der Waals surface area contributed by atoms with Crippen molar-refractivity contribution in [3.8, 4) is 0 Å². The molecule has 2 saturated heterocycles. The molecule has 17 heteroatoms. The lowest BCUT2D eigenvalue weighted by Crippen LogP contribution is -2.51. The summed E-state index contributed by atoms with van der Waals surface area (Å²) in [6, 6.07) is 17.3. The Morgan fingerprint density at radius 3 is 2.30 bits per heavy atom. The Bertz CT molecular complexity index is 1770. The van der Waals surface area contributed by atoms with Crippen molar-refractivity contribution in [1.29, 1.82) is 0 Å². The van der Waals surface area contributed by atoms with Gasteiger partial charge < -0.3 is 39.6 Å². The van der Waals surface area contributed by atoms with Crippen molar-refractivity contribution < 1.29 is 53.4 Å². The average Bonchev–Trinajstić information content (AvgIpc) is 3.73. The number of aliphatic hydroxyl groups is 2. The minimum atomic E-state index is -2.72. The molecule has 2 aromatic carbocycles. The summed E-state index contributed by atoms with van der Waals surface area (Å²) in [5.74, 6) is -4.23. The molecule has 3 aromatic rings. The van der Waals surface area contributed by atoms with Gasteiger partial charge in [0.15, 0.2) is 18.6 Å². The number of aromatic nitrogens is 2. The molecule has 0 radical (unpaired) electrons. The topological polar surface area (TPSA) is 223 Å². The predicted octanol–water partition coefficient (Wildman–Crippen LogP) is 2.52. The van der Waals surface area contributed by atoms with Crippen molar-refractivity contribution in [2.24, 2.45) is 10.9 Å². The first-order valence-electron chi connectivity index (χ1n) is 17.4. The predicted molar refractivity (Wildman–Crippen MR) is 186 cm³/mol. The van der Waals surface area contributed by atoms with Crippen LogP contribution in [0.2, 0.25) is 0 Å². The smallest absolute Gasteiger partial charge is 0.306 e. The molecule has 3 aliphatic heterocycles. The van der Waals surface area contributed by atoms with Gasteiger partial charge in [0.05, 0.1) is 25.8 Å². The molecule has 282 valence electrons. The number of imidazole rings is 1. The van der Waals surface area contributed by atoms with E-state index in [0.717, 1.165) is 12.8 Å². The third-order valence-electron chi connectivity index (χ3n) is 8.93. The fraction of sp³-hybridized carbons (Fsp3) is 0.444. The highest BCUT2D eigenvalue weighted by Gasteiger charge is 2.54. The van der Waals surface area contributed by atoms with Crippen molar-refractivity contribution in [2.45, 2.75) is 82.5 Å². The minimum Gasteiger partial charge on any atom is -0.481 e. The van der Waals surface area contributed by atoms with Gasteiger partial charge >= 0.3 is 11.9 Å². The summed E-state index contributed by atoms with van der Waals surface area (Å²) in [5, 5.41) is 37.5. The summed E-state index contributed by atoms with van der Waals surface area (Å²) in [4.78, 5) is 61.7. The standard InChI is InChI=1S/C36H42N6O11/c1-21(2)32(47)39-35-38-31-30(36(49,40-35)34(48)42(22-11-5-3-6-12-22)23-13-7-4-8-14-23)37-20-41(31)33-29(53-27-15-9-10-18-50-27)28(24(19-43)51-33)52-26(46)17-16-25(44)45/h3-8,11-14,20-21,24,27-29,33,43,49H,9-10,15-19H2,1-2H3,(H,44,45)(H2,38,39,40,47)/t24-,27?,28-,29-,33-,36?/m1/s1. The van der Waals surface area contributed by atoms with Crippen LogP contribution in [0.25, 0.3) is 0 Å². The molecule has 17 nitrogen and oxygen atoms in total. The Hall–Kier alpha value is -5.20. The number of fused-ring (bicyclic) bond motifs is 1. The van der Waals surface area contributed by atoms with Crippen molar-refractivity contribution in [2.75, 3.05) is 23.4 Å². The first-order chi connectivity index (χ1) is 25.5. The number of amides is 2. The molecular weight excluding hydrogens is 692 g/mol. The molecule has 2 fully saturated rings. The Labute approximate surface area is 304 Å². The maximum Gasteiger partial charge on any atom is 0.306 e. The monoisotopic (exact) mass is 734 g/mol. The molecule has 2 amide bonds. The second-order valence-electron chi connectivity index (χ2n) is 13.1. The second kappa shape index (κ2) is 16.2. The second-order valence-corrected chi connectivity index (χ2v) is 13.1. The zero-order valence-corrected chi connectivity index (χ0v) is 29.2. The van der Waals surface area contributed by atoms with E-state index < -0.39 is 85.7 Å². The van der Waals surface area contributed by atoms with E-state index in [4.69, 9.17) is 24.1 Å². The van der Waals surface area contributed by atoms with Gasteiger partial charge in [0.1, 0.15) is 23.7 Å². The van der Waals surface area contributed by atoms with E-state index in [1.807, 2.05) is 0 Å². The number of aliphatic imine (C=N–C) groups is 1.